The van der Waals surface area contributed by atoms with Gasteiger partial charge in [0.2, 0.25) is 0 Å². The SMILES string of the molecule is CC(C)(C)OC(=O)NCCCOCCOCCOCCCNC(=O)c1ccc(CSc2nc(-c3ccc(-c4ccccc4)cc3)c(C#N)c(=O)[nH]2)cc1. The molecule has 4 aromatic rings. The molecule has 0 atom stereocenters. The molecule has 0 unspecified atom stereocenters. The molecular weight excluding hydrogens is 695 g/mol. The minimum atomic E-state index is -0.514. The number of H-pyrrole nitrogens is 1. The van der Waals surface area contributed by atoms with E-state index in [0.717, 1.165) is 16.7 Å². The number of aromatic nitrogens is 2. The second-order valence-corrected chi connectivity index (χ2v) is 13.8. The van der Waals surface area contributed by atoms with Gasteiger partial charge in [0.05, 0.1) is 32.1 Å². The number of hydrogen-bond donors (Lipinski definition) is 3. The molecule has 3 aromatic carbocycles. The molecule has 0 aliphatic rings. The Morgan fingerprint density at radius 2 is 1.34 bits per heavy atom. The minimum Gasteiger partial charge on any atom is -0.444 e. The van der Waals surface area contributed by atoms with Crippen LogP contribution < -0.4 is 16.2 Å². The van der Waals surface area contributed by atoms with Crippen molar-refractivity contribution >= 4 is 23.8 Å². The van der Waals surface area contributed by atoms with Crippen molar-refractivity contribution in [1.29, 1.82) is 5.26 Å². The Morgan fingerprint density at radius 3 is 1.94 bits per heavy atom. The van der Waals surface area contributed by atoms with Crippen LogP contribution in [-0.2, 0) is 24.7 Å². The topological polar surface area (TPSA) is 165 Å². The van der Waals surface area contributed by atoms with E-state index >= 15 is 0 Å². The third-order valence-electron chi connectivity index (χ3n) is 7.50. The number of rotatable bonds is 20. The highest BCUT2D eigenvalue weighted by Gasteiger charge is 2.16. The van der Waals surface area contributed by atoms with Crippen LogP contribution in [0.2, 0.25) is 0 Å². The van der Waals surface area contributed by atoms with Crippen LogP contribution in [0.25, 0.3) is 22.4 Å². The van der Waals surface area contributed by atoms with Crippen molar-refractivity contribution in [3.05, 3.63) is 106 Å². The molecule has 0 saturated heterocycles. The number of nitrogens with zero attached hydrogens (tertiary/aromatic N) is 2. The van der Waals surface area contributed by atoms with Crippen molar-refractivity contribution in [3.8, 4) is 28.5 Å². The van der Waals surface area contributed by atoms with Gasteiger partial charge in [0, 0.05) is 43.2 Å². The second kappa shape index (κ2) is 21.5. The van der Waals surface area contributed by atoms with Crippen LogP contribution in [0.15, 0.2) is 88.8 Å². The monoisotopic (exact) mass is 741 g/mol. The lowest BCUT2D eigenvalue weighted by Gasteiger charge is -2.19. The first-order chi connectivity index (χ1) is 25.6. The standard InChI is InChI=1S/C40H47N5O7S/c1-40(2,3)52-39(48)43-20-8-22-50-24-26-51-25-23-49-21-7-19-42-36(46)33-13-11-29(12-14-33)28-53-38-44-35(34(27-41)37(47)45-38)32-17-15-31(16-18-32)30-9-5-4-6-10-30/h4-6,9-18H,7-8,19-26,28H2,1-3H3,(H,42,46)(H,43,48)(H,44,45,47). The zero-order valence-corrected chi connectivity index (χ0v) is 31.3. The van der Waals surface area contributed by atoms with Crippen molar-refractivity contribution in [1.82, 2.24) is 20.6 Å². The fraction of sp³-hybridized carbons (Fsp3) is 0.375. The maximum absolute atomic E-state index is 12.8. The third-order valence-corrected chi connectivity index (χ3v) is 8.44. The van der Waals surface area contributed by atoms with Crippen LogP contribution in [0.3, 0.4) is 0 Å². The maximum atomic E-state index is 12.8. The van der Waals surface area contributed by atoms with Crippen molar-refractivity contribution < 1.29 is 28.5 Å². The number of carbonyl (C=O) groups is 2. The van der Waals surface area contributed by atoms with Gasteiger partial charge in [-0.2, -0.15) is 5.26 Å². The summed E-state index contributed by atoms with van der Waals surface area (Å²) in [4.78, 5) is 44.3. The number of benzene rings is 3. The molecule has 280 valence electrons. The molecule has 3 N–H and O–H groups in total. The predicted molar refractivity (Wildman–Crippen MR) is 205 cm³/mol. The number of alkyl carbamates (subject to hydrolysis) is 1. The molecule has 1 heterocycles. The lowest BCUT2D eigenvalue weighted by Crippen LogP contribution is -2.33. The second-order valence-electron chi connectivity index (χ2n) is 12.9. The first-order valence-corrected chi connectivity index (χ1v) is 18.5. The summed E-state index contributed by atoms with van der Waals surface area (Å²) in [7, 11) is 0. The number of hydrogen-bond acceptors (Lipinski definition) is 10. The van der Waals surface area contributed by atoms with Gasteiger partial charge in [-0.25, -0.2) is 9.78 Å². The van der Waals surface area contributed by atoms with Crippen LogP contribution in [0.4, 0.5) is 4.79 Å². The Bertz CT molecular complexity index is 1840. The molecule has 0 saturated carbocycles. The number of nitrogens with one attached hydrogen (secondary N) is 3. The van der Waals surface area contributed by atoms with Gasteiger partial charge in [-0.15, -0.1) is 0 Å². The van der Waals surface area contributed by atoms with Crippen LogP contribution in [0.5, 0.6) is 0 Å². The highest BCUT2D eigenvalue weighted by atomic mass is 32.2. The zero-order chi connectivity index (χ0) is 37.9. The van der Waals surface area contributed by atoms with Gasteiger partial charge in [-0.3, -0.25) is 9.59 Å². The Kier molecular flexibility index (Phi) is 16.5. The minimum absolute atomic E-state index is 0.0320. The summed E-state index contributed by atoms with van der Waals surface area (Å²) in [6.07, 6.45) is 0.911. The molecule has 12 nitrogen and oxygen atoms in total. The van der Waals surface area contributed by atoms with Gasteiger partial charge in [-0.05, 0) is 62.4 Å². The smallest absolute Gasteiger partial charge is 0.407 e. The quantitative estimate of drug-likeness (QED) is 0.0528. The largest absolute Gasteiger partial charge is 0.444 e. The van der Waals surface area contributed by atoms with E-state index < -0.39 is 17.3 Å². The molecule has 0 aliphatic heterocycles. The van der Waals surface area contributed by atoms with E-state index in [1.54, 1.807) is 12.1 Å². The molecule has 0 aliphatic carbocycles. The van der Waals surface area contributed by atoms with E-state index in [1.165, 1.54) is 11.8 Å². The van der Waals surface area contributed by atoms with Crippen LogP contribution >= 0.6 is 11.8 Å². The van der Waals surface area contributed by atoms with Gasteiger partial charge >= 0.3 is 6.09 Å². The van der Waals surface area contributed by atoms with Crippen LogP contribution in [0, 0.1) is 11.3 Å². The number of carbonyl (C=O) groups excluding carboxylic acids is 2. The summed E-state index contributed by atoms with van der Waals surface area (Å²) in [5, 5.41) is 15.7. The third kappa shape index (κ3) is 14.5. The van der Waals surface area contributed by atoms with E-state index in [9.17, 15) is 19.6 Å². The Labute approximate surface area is 314 Å². The fourth-order valence-electron chi connectivity index (χ4n) is 4.89. The molecule has 0 bridgehead atoms. The summed E-state index contributed by atoms with van der Waals surface area (Å²) in [5.41, 5.74) is 3.57. The van der Waals surface area contributed by atoms with Gasteiger partial charge in [0.25, 0.3) is 11.5 Å². The van der Waals surface area contributed by atoms with Crippen molar-refractivity contribution in [2.75, 3.05) is 52.7 Å². The highest BCUT2D eigenvalue weighted by molar-refractivity contribution is 7.98. The van der Waals surface area contributed by atoms with Crippen molar-refractivity contribution in [3.63, 3.8) is 0 Å². The molecule has 13 heteroatoms. The molecular formula is C40H47N5O7S. The maximum Gasteiger partial charge on any atom is 0.407 e. The summed E-state index contributed by atoms with van der Waals surface area (Å²) in [5.74, 6) is 0.334. The Hall–Kier alpha value is -5.00. The number of thioether (sulfide) groups is 1. The van der Waals surface area contributed by atoms with Gasteiger partial charge < -0.3 is 34.6 Å². The molecule has 4 rings (SSSR count). The normalized spacial score (nSPS) is 11.1. The van der Waals surface area contributed by atoms with Gasteiger partial charge in [0.1, 0.15) is 17.2 Å². The van der Waals surface area contributed by atoms with Crippen molar-refractivity contribution in [2.24, 2.45) is 0 Å². The Balaban J connectivity index is 1.08. The average molecular weight is 742 g/mol. The highest BCUT2D eigenvalue weighted by Crippen LogP contribution is 2.27. The van der Waals surface area contributed by atoms with E-state index in [4.69, 9.17) is 18.9 Å². The van der Waals surface area contributed by atoms with Gasteiger partial charge in [-0.1, -0.05) is 78.5 Å². The summed E-state index contributed by atoms with van der Waals surface area (Å²) in [6.45, 7) is 9.22. The fourth-order valence-corrected chi connectivity index (χ4v) is 5.70. The van der Waals surface area contributed by atoms with E-state index in [2.05, 4.69) is 20.6 Å². The number of ether oxygens (including phenoxy) is 4. The number of amides is 2. The molecule has 0 spiro atoms. The Morgan fingerprint density at radius 1 is 0.774 bits per heavy atom. The number of aromatic amines is 1. The van der Waals surface area contributed by atoms with Crippen molar-refractivity contribution in [2.45, 2.75) is 50.1 Å². The summed E-state index contributed by atoms with van der Waals surface area (Å²) < 4.78 is 21.7. The van der Waals surface area contributed by atoms with Gasteiger partial charge in [0.15, 0.2) is 5.16 Å². The van der Waals surface area contributed by atoms with E-state index in [0.29, 0.717) is 93.3 Å². The van der Waals surface area contributed by atoms with E-state index in [1.807, 2.05) is 93.6 Å². The molecule has 53 heavy (non-hydrogen) atoms. The zero-order valence-electron chi connectivity index (χ0n) is 30.4. The van der Waals surface area contributed by atoms with Crippen LogP contribution in [0.1, 0.15) is 55.1 Å². The molecule has 1 aromatic heterocycles. The lowest BCUT2D eigenvalue weighted by atomic mass is 10.0. The average Bonchev–Trinajstić information content (AvgIpc) is 3.15. The lowest BCUT2D eigenvalue weighted by molar-refractivity contribution is 0.0136. The summed E-state index contributed by atoms with van der Waals surface area (Å²) >= 11 is 1.34. The first-order valence-electron chi connectivity index (χ1n) is 17.5. The van der Waals surface area contributed by atoms with E-state index in [-0.39, 0.29) is 11.5 Å². The summed E-state index contributed by atoms with van der Waals surface area (Å²) in [6, 6.07) is 26.8. The number of nitriles is 1. The van der Waals surface area contributed by atoms with Crippen LogP contribution in [-0.4, -0.2) is 80.3 Å². The molecule has 2 amide bonds. The first kappa shape index (κ1) is 40.8. The molecule has 0 fully saturated rings. The predicted octanol–water partition coefficient (Wildman–Crippen LogP) is 6.35. The molecule has 0 radical (unpaired) electrons.